The van der Waals surface area contributed by atoms with Crippen molar-refractivity contribution in [1.29, 1.82) is 0 Å². The fourth-order valence-electron chi connectivity index (χ4n) is 4.02. The zero-order valence-electron chi connectivity index (χ0n) is 17.3. The fraction of sp³-hybridized carbons (Fsp3) is 0.417. The molecule has 1 fully saturated rings. The number of hydrogen-bond acceptors (Lipinski definition) is 3. The lowest BCUT2D eigenvalue weighted by Gasteiger charge is -2.44. The predicted molar refractivity (Wildman–Crippen MR) is 118 cm³/mol. The van der Waals surface area contributed by atoms with Crippen molar-refractivity contribution >= 4 is 18.7 Å². The van der Waals surface area contributed by atoms with Gasteiger partial charge in [0.15, 0.2) is 6.29 Å². The smallest absolute Gasteiger partial charge is 0.261 e. The van der Waals surface area contributed by atoms with Crippen LogP contribution in [0, 0.1) is 0 Å². The molecular formula is C24H32O3Si. The second-order valence-corrected chi connectivity index (χ2v) is 12.6. The summed E-state index contributed by atoms with van der Waals surface area (Å²) in [4.78, 5) is 0. The molecule has 1 atom stereocenters. The first-order valence-corrected chi connectivity index (χ1v) is 12.0. The quantitative estimate of drug-likeness (QED) is 0.493. The van der Waals surface area contributed by atoms with Gasteiger partial charge in [-0.25, -0.2) is 0 Å². The third kappa shape index (κ3) is 4.46. The molecule has 150 valence electrons. The SMILES string of the molecule is C=CC(CCC1OCCO1)O[Si](c1ccccc1)(c1ccccc1)C(C)(C)C. The predicted octanol–water partition coefficient (Wildman–Crippen LogP) is 4.27. The van der Waals surface area contributed by atoms with E-state index in [1.165, 1.54) is 10.4 Å². The molecule has 0 bridgehead atoms. The summed E-state index contributed by atoms with van der Waals surface area (Å²) in [6, 6.07) is 21.4. The molecule has 1 unspecified atom stereocenters. The summed E-state index contributed by atoms with van der Waals surface area (Å²) in [5.41, 5.74) is 0. The van der Waals surface area contributed by atoms with Gasteiger partial charge in [-0.3, -0.25) is 0 Å². The second kappa shape index (κ2) is 9.18. The van der Waals surface area contributed by atoms with Crippen molar-refractivity contribution in [1.82, 2.24) is 0 Å². The van der Waals surface area contributed by atoms with E-state index in [0.717, 1.165) is 12.8 Å². The van der Waals surface area contributed by atoms with Crippen LogP contribution in [0.3, 0.4) is 0 Å². The summed E-state index contributed by atoms with van der Waals surface area (Å²) in [6.07, 6.45) is 3.41. The minimum absolute atomic E-state index is 0.0443. The van der Waals surface area contributed by atoms with Gasteiger partial charge < -0.3 is 13.9 Å². The summed E-state index contributed by atoms with van der Waals surface area (Å²) in [7, 11) is -2.56. The molecule has 2 aromatic rings. The van der Waals surface area contributed by atoms with Crippen molar-refractivity contribution < 1.29 is 13.9 Å². The highest BCUT2D eigenvalue weighted by Gasteiger charge is 2.51. The number of ether oxygens (including phenoxy) is 2. The lowest BCUT2D eigenvalue weighted by molar-refractivity contribution is -0.0515. The summed E-state index contributed by atoms with van der Waals surface area (Å²) < 4.78 is 18.3. The lowest BCUT2D eigenvalue weighted by Crippen LogP contribution is -2.67. The Balaban J connectivity index is 1.98. The van der Waals surface area contributed by atoms with Crippen LogP contribution in [0.4, 0.5) is 0 Å². The molecule has 0 amide bonds. The van der Waals surface area contributed by atoms with E-state index in [0.29, 0.717) is 13.2 Å². The molecule has 3 rings (SSSR count). The Bertz CT molecular complexity index is 694. The van der Waals surface area contributed by atoms with Gasteiger partial charge in [0, 0.05) is 6.42 Å². The van der Waals surface area contributed by atoms with Crippen LogP contribution in [0.1, 0.15) is 33.6 Å². The maximum atomic E-state index is 7.09. The Morgan fingerprint density at radius 2 is 1.50 bits per heavy atom. The first-order valence-electron chi connectivity index (χ1n) is 10.1. The van der Waals surface area contributed by atoms with E-state index in [-0.39, 0.29) is 17.4 Å². The molecule has 0 aliphatic carbocycles. The van der Waals surface area contributed by atoms with E-state index >= 15 is 0 Å². The number of hydrogen-bond donors (Lipinski definition) is 0. The minimum Gasteiger partial charge on any atom is -0.401 e. The fourth-order valence-corrected chi connectivity index (χ4v) is 8.70. The van der Waals surface area contributed by atoms with Crippen LogP contribution in [-0.2, 0) is 13.9 Å². The Labute approximate surface area is 170 Å². The van der Waals surface area contributed by atoms with Gasteiger partial charge in [0.25, 0.3) is 8.32 Å². The molecule has 1 heterocycles. The summed E-state index contributed by atoms with van der Waals surface area (Å²) in [5.74, 6) is 0. The van der Waals surface area contributed by atoms with Crippen LogP contribution < -0.4 is 10.4 Å². The topological polar surface area (TPSA) is 27.7 Å². The molecule has 1 aliphatic rings. The van der Waals surface area contributed by atoms with Crippen molar-refractivity contribution in [3.05, 3.63) is 73.3 Å². The monoisotopic (exact) mass is 396 g/mol. The van der Waals surface area contributed by atoms with Crippen molar-refractivity contribution in [2.45, 2.75) is 51.0 Å². The molecule has 0 radical (unpaired) electrons. The summed E-state index contributed by atoms with van der Waals surface area (Å²) in [5, 5.41) is 2.53. The molecule has 0 spiro atoms. The average molecular weight is 397 g/mol. The van der Waals surface area contributed by atoms with E-state index in [2.05, 4.69) is 88.0 Å². The summed E-state index contributed by atoms with van der Waals surface area (Å²) in [6.45, 7) is 12.3. The van der Waals surface area contributed by atoms with Gasteiger partial charge in [-0.1, -0.05) is 87.5 Å². The van der Waals surface area contributed by atoms with Crippen LogP contribution in [0.15, 0.2) is 73.3 Å². The molecule has 0 N–H and O–H groups in total. The van der Waals surface area contributed by atoms with Gasteiger partial charge in [0.05, 0.1) is 19.3 Å². The zero-order valence-corrected chi connectivity index (χ0v) is 18.3. The lowest BCUT2D eigenvalue weighted by atomic mass is 10.2. The Kier molecular flexibility index (Phi) is 6.89. The molecule has 1 aliphatic heterocycles. The van der Waals surface area contributed by atoms with Gasteiger partial charge in [-0.05, 0) is 21.8 Å². The normalized spacial score (nSPS) is 16.8. The summed E-state index contributed by atoms with van der Waals surface area (Å²) >= 11 is 0. The first kappa shape index (κ1) is 21.0. The van der Waals surface area contributed by atoms with E-state index < -0.39 is 8.32 Å². The highest BCUT2D eigenvalue weighted by Crippen LogP contribution is 2.38. The van der Waals surface area contributed by atoms with Gasteiger partial charge in [0.1, 0.15) is 0 Å². The van der Waals surface area contributed by atoms with Crippen LogP contribution in [0.5, 0.6) is 0 Å². The second-order valence-electron chi connectivity index (χ2n) is 8.30. The van der Waals surface area contributed by atoms with E-state index in [9.17, 15) is 0 Å². The Hall–Kier alpha value is -1.72. The Morgan fingerprint density at radius 1 is 1.00 bits per heavy atom. The van der Waals surface area contributed by atoms with E-state index in [4.69, 9.17) is 13.9 Å². The third-order valence-electron chi connectivity index (χ3n) is 5.39. The Morgan fingerprint density at radius 3 is 1.93 bits per heavy atom. The minimum atomic E-state index is -2.56. The molecule has 2 aromatic carbocycles. The van der Waals surface area contributed by atoms with Crippen LogP contribution in [-0.4, -0.2) is 33.9 Å². The third-order valence-corrected chi connectivity index (χ3v) is 10.4. The molecule has 3 nitrogen and oxygen atoms in total. The van der Waals surface area contributed by atoms with Crippen LogP contribution in [0.25, 0.3) is 0 Å². The number of rotatable bonds is 8. The van der Waals surface area contributed by atoms with Crippen molar-refractivity contribution in [2.75, 3.05) is 13.2 Å². The van der Waals surface area contributed by atoms with Crippen molar-refractivity contribution in [3.8, 4) is 0 Å². The van der Waals surface area contributed by atoms with Crippen LogP contribution in [0.2, 0.25) is 5.04 Å². The first-order chi connectivity index (χ1) is 13.5. The maximum Gasteiger partial charge on any atom is 0.261 e. The van der Waals surface area contributed by atoms with Gasteiger partial charge >= 0.3 is 0 Å². The largest absolute Gasteiger partial charge is 0.401 e. The van der Waals surface area contributed by atoms with Gasteiger partial charge in [0.2, 0.25) is 0 Å². The molecule has 1 saturated heterocycles. The van der Waals surface area contributed by atoms with Crippen molar-refractivity contribution in [2.24, 2.45) is 0 Å². The van der Waals surface area contributed by atoms with Crippen LogP contribution >= 0.6 is 0 Å². The van der Waals surface area contributed by atoms with Gasteiger partial charge in [-0.15, -0.1) is 6.58 Å². The molecule has 4 heteroatoms. The molecule has 0 saturated carbocycles. The molecule has 28 heavy (non-hydrogen) atoms. The zero-order chi connectivity index (χ0) is 20.0. The molecule has 0 aromatic heterocycles. The maximum absolute atomic E-state index is 7.09. The van der Waals surface area contributed by atoms with Crippen molar-refractivity contribution in [3.63, 3.8) is 0 Å². The average Bonchev–Trinajstić information content (AvgIpc) is 3.22. The molecular weight excluding hydrogens is 364 g/mol. The standard InChI is InChI=1S/C24H32O3Si/c1-5-20(16-17-23-25-18-19-26-23)27-28(24(2,3)4,21-12-8-6-9-13-21)22-14-10-7-11-15-22/h5-15,20,23H,1,16-19H2,2-4H3. The highest BCUT2D eigenvalue weighted by molar-refractivity contribution is 6.99. The highest BCUT2D eigenvalue weighted by atomic mass is 28.4. The van der Waals surface area contributed by atoms with E-state index in [1.807, 2.05) is 6.08 Å². The van der Waals surface area contributed by atoms with E-state index in [1.54, 1.807) is 0 Å². The van der Waals surface area contributed by atoms with Gasteiger partial charge in [-0.2, -0.15) is 0 Å². The number of benzene rings is 2.